The van der Waals surface area contributed by atoms with Crippen molar-refractivity contribution < 1.29 is 9.53 Å². The van der Waals surface area contributed by atoms with Gasteiger partial charge < -0.3 is 15.4 Å². The maximum Gasteiger partial charge on any atom is 0.238 e. The van der Waals surface area contributed by atoms with Gasteiger partial charge in [0.05, 0.1) is 19.9 Å². The molecule has 166 valence electrons. The number of carbonyl (C=O) groups is 1. The number of anilines is 3. The zero-order valence-electron chi connectivity index (χ0n) is 18.4. The van der Waals surface area contributed by atoms with E-state index < -0.39 is 0 Å². The lowest BCUT2D eigenvalue weighted by molar-refractivity contribution is -0.117. The molecule has 0 atom stereocenters. The summed E-state index contributed by atoms with van der Waals surface area (Å²) in [7, 11) is 1.62. The summed E-state index contributed by atoms with van der Waals surface area (Å²) in [5, 5.41) is 6.26. The minimum atomic E-state index is -0.00208. The van der Waals surface area contributed by atoms with Crippen LogP contribution in [0.25, 0.3) is 0 Å². The normalized spacial score (nSPS) is 14.7. The number of benzene rings is 1. The second-order valence-electron chi connectivity index (χ2n) is 7.96. The number of hydrogen-bond donors (Lipinski definition) is 2. The van der Waals surface area contributed by atoms with E-state index >= 15 is 0 Å². The van der Waals surface area contributed by atoms with Gasteiger partial charge in [-0.3, -0.25) is 19.7 Å². The first-order valence-corrected chi connectivity index (χ1v) is 10.8. The Balaban J connectivity index is 1.30. The maximum atomic E-state index is 12.4. The van der Waals surface area contributed by atoms with Crippen molar-refractivity contribution in [1.82, 2.24) is 19.9 Å². The third-order valence-electron chi connectivity index (χ3n) is 5.56. The Labute approximate surface area is 188 Å². The summed E-state index contributed by atoms with van der Waals surface area (Å²) in [5.41, 5.74) is 3.79. The molecule has 8 heteroatoms. The van der Waals surface area contributed by atoms with Gasteiger partial charge in [0.1, 0.15) is 11.6 Å². The van der Waals surface area contributed by atoms with Gasteiger partial charge in [-0.1, -0.05) is 0 Å². The minimum Gasteiger partial charge on any atom is -0.497 e. The maximum absolute atomic E-state index is 12.4. The third kappa shape index (κ3) is 5.79. The Hall–Kier alpha value is -3.52. The van der Waals surface area contributed by atoms with Crippen molar-refractivity contribution in [3.63, 3.8) is 0 Å². The molecule has 8 nitrogen and oxygen atoms in total. The highest BCUT2D eigenvalue weighted by molar-refractivity contribution is 5.92. The fraction of sp³-hybridized carbons (Fsp3) is 0.333. The molecule has 1 amide bonds. The summed E-state index contributed by atoms with van der Waals surface area (Å²) in [5.74, 6) is 1.85. The predicted molar refractivity (Wildman–Crippen MR) is 124 cm³/mol. The van der Waals surface area contributed by atoms with E-state index in [1.54, 1.807) is 25.7 Å². The van der Waals surface area contributed by atoms with Gasteiger partial charge in [0, 0.05) is 41.1 Å². The second kappa shape index (κ2) is 10.2. The first kappa shape index (κ1) is 21.7. The van der Waals surface area contributed by atoms with Gasteiger partial charge in [-0.2, -0.15) is 0 Å². The molecule has 0 unspecified atom stereocenters. The molecule has 0 saturated carbocycles. The number of rotatable bonds is 7. The molecule has 4 rings (SSSR count). The molecule has 1 aromatic carbocycles. The van der Waals surface area contributed by atoms with Gasteiger partial charge in [-0.15, -0.1) is 0 Å². The summed E-state index contributed by atoms with van der Waals surface area (Å²) >= 11 is 0. The molecule has 0 radical (unpaired) electrons. The van der Waals surface area contributed by atoms with Crippen LogP contribution < -0.4 is 15.4 Å². The smallest absolute Gasteiger partial charge is 0.238 e. The van der Waals surface area contributed by atoms with Crippen molar-refractivity contribution in [2.45, 2.75) is 25.7 Å². The van der Waals surface area contributed by atoms with E-state index in [1.165, 1.54) is 0 Å². The average molecular weight is 433 g/mol. The van der Waals surface area contributed by atoms with E-state index in [-0.39, 0.29) is 5.91 Å². The molecule has 1 fully saturated rings. The van der Waals surface area contributed by atoms with Gasteiger partial charge in [0.25, 0.3) is 0 Å². The molecule has 3 aromatic rings. The summed E-state index contributed by atoms with van der Waals surface area (Å²) in [6.07, 6.45) is 6.95. The first-order valence-electron chi connectivity index (χ1n) is 10.8. The second-order valence-corrected chi connectivity index (χ2v) is 7.96. The van der Waals surface area contributed by atoms with Crippen LogP contribution in [0, 0.1) is 6.92 Å². The Morgan fingerprint density at radius 1 is 1.12 bits per heavy atom. The van der Waals surface area contributed by atoms with E-state index in [9.17, 15) is 4.79 Å². The Kier molecular flexibility index (Phi) is 6.91. The lowest BCUT2D eigenvalue weighted by Gasteiger charge is -2.31. The number of likely N-dealkylation sites (tertiary alicyclic amines) is 1. The Bertz CT molecular complexity index is 1030. The molecule has 3 heterocycles. The summed E-state index contributed by atoms with van der Waals surface area (Å²) < 4.78 is 5.15. The van der Waals surface area contributed by atoms with E-state index in [0.29, 0.717) is 18.3 Å². The third-order valence-corrected chi connectivity index (χ3v) is 5.56. The SMILES string of the molecule is COc1ccc(NC(=O)CN2CCC(c3cc(Nc4cnccn4)cc(C)n3)CC2)cc1. The van der Waals surface area contributed by atoms with E-state index in [4.69, 9.17) is 9.72 Å². The van der Waals surface area contributed by atoms with Gasteiger partial charge in [0.2, 0.25) is 5.91 Å². The molecular formula is C24H28N6O2. The zero-order valence-corrected chi connectivity index (χ0v) is 18.4. The number of nitrogens with one attached hydrogen (secondary N) is 2. The molecule has 0 bridgehead atoms. The van der Waals surface area contributed by atoms with Gasteiger partial charge in [-0.25, -0.2) is 4.98 Å². The van der Waals surface area contributed by atoms with E-state index in [2.05, 4.69) is 31.6 Å². The van der Waals surface area contributed by atoms with Crippen LogP contribution in [-0.4, -0.2) is 52.5 Å². The average Bonchev–Trinajstić information content (AvgIpc) is 2.80. The van der Waals surface area contributed by atoms with Gasteiger partial charge in [0.15, 0.2) is 0 Å². The number of piperidine rings is 1. The predicted octanol–water partition coefficient (Wildman–Crippen LogP) is 3.75. The van der Waals surface area contributed by atoms with Crippen molar-refractivity contribution in [3.05, 3.63) is 66.4 Å². The molecule has 1 aliphatic heterocycles. The number of carbonyl (C=O) groups excluding carboxylic acids is 1. The topological polar surface area (TPSA) is 92.3 Å². The standard InChI is InChI=1S/C24H28N6O2/c1-17-13-20(28-23-15-25-9-10-26-23)14-22(27-17)18-7-11-30(12-8-18)16-24(31)29-19-3-5-21(32-2)6-4-19/h3-6,9-10,13-15,18H,7-8,11-12,16H2,1-2H3,(H,29,31)(H,26,27,28). The molecule has 1 saturated heterocycles. The van der Waals surface area contributed by atoms with Crippen LogP contribution in [0.1, 0.15) is 30.1 Å². The van der Waals surface area contributed by atoms with Crippen LogP contribution in [0.4, 0.5) is 17.2 Å². The molecular weight excluding hydrogens is 404 g/mol. The molecule has 1 aliphatic rings. The molecule has 2 N–H and O–H groups in total. The molecule has 2 aromatic heterocycles. The highest BCUT2D eigenvalue weighted by atomic mass is 16.5. The molecule has 0 spiro atoms. The number of pyridine rings is 1. The van der Waals surface area contributed by atoms with E-state index in [0.717, 1.165) is 54.4 Å². The molecule has 32 heavy (non-hydrogen) atoms. The first-order chi connectivity index (χ1) is 15.6. The fourth-order valence-corrected chi connectivity index (χ4v) is 3.95. The number of hydrogen-bond acceptors (Lipinski definition) is 7. The summed E-state index contributed by atoms with van der Waals surface area (Å²) in [6, 6.07) is 11.5. The number of ether oxygens (including phenoxy) is 1. The monoisotopic (exact) mass is 432 g/mol. The van der Waals surface area contributed by atoms with Gasteiger partial charge >= 0.3 is 0 Å². The van der Waals surface area contributed by atoms with Crippen molar-refractivity contribution in [3.8, 4) is 5.75 Å². The highest BCUT2D eigenvalue weighted by Gasteiger charge is 2.23. The van der Waals surface area contributed by atoms with Crippen molar-refractivity contribution in [2.24, 2.45) is 0 Å². The van der Waals surface area contributed by atoms with Crippen LogP contribution in [0.2, 0.25) is 0 Å². The van der Waals surface area contributed by atoms with Crippen molar-refractivity contribution in [1.29, 1.82) is 0 Å². The lowest BCUT2D eigenvalue weighted by Crippen LogP contribution is -2.38. The number of nitrogens with zero attached hydrogens (tertiary/aromatic N) is 4. The summed E-state index contributed by atoms with van der Waals surface area (Å²) in [6.45, 7) is 4.12. The quantitative estimate of drug-likeness (QED) is 0.587. The minimum absolute atomic E-state index is 0.00208. The van der Waals surface area contributed by atoms with Crippen LogP contribution >= 0.6 is 0 Å². The van der Waals surface area contributed by atoms with Crippen molar-refractivity contribution in [2.75, 3.05) is 37.4 Å². The van der Waals surface area contributed by atoms with E-state index in [1.807, 2.05) is 37.3 Å². The van der Waals surface area contributed by atoms with Crippen molar-refractivity contribution >= 4 is 23.1 Å². The lowest BCUT2D eigenvalue weighted by atomic mass is 9.92. The van der Waals surface area contributed by atoms with Crippen LogP contribution in [-0.2, 0) is 4.79 Å². The highest BCUT2D eigenvalue weighted by Crippen LogP contribution is 2.29. The van der Waals surface area contributed by atoms with Crippen LogP contribution in [0.3, 0.4) is 0 Å². The Morgan fingerprint density at radius 2 is 1.91 bits per heavy atom. The zero-order chi connectivity index (χ0) is 22.3. The number of aromatic nitrogens is 3. The largest absolute Gasteiger partial charge is 0.497 e. The van der Waals surface area contributed by atoms with Gasteiger partial charge in [-0.05, 0) is 69.3 Å². The number of methoxy groups -OCH3 is 1. The number of amides is 1. The fourth-order valence-electron chi connectivity index (χ4n) is 3.95. The summed E-state index contributed by atoms with van der Waals surface area (Å²) in [4.78, 5) is 27.8. The Morgan fingerprint density at radius 3 is 2.59 bits per heavy atom. The van der Waals surface area contributed by atoms with Crippen LogP contribution in [0.15, 0.2) is 55.0 Å². The van der Waals surface area contributed by atoms with Crippen LogP contribution in [0.5, 0.6) is 5.75 Å². The number of aryl methyl sites for hydroxylation is 1. The molecule has 0 aliphatic carbocycles.